The summed E-state index contributed by atoms with van der Waals surface area (Å²) < 4.78 is 11.5. The van der Waals surface area contributed by atoms with Gasteiger partial charge >= 0.3 is 6.01 Å². The van der Waals surface area contributed by atoms with E-state index >= 15 is 0 Å². The summed E-state index contributed by atoms with van der Waals surface area (Å²) >= 11 is 3.24. The van der Waals surface area contributed by atoms with Crippen molar-refractivity contribution in [2.24, 2.45) is 0 Å². The van der Waals surface area contributed by atoms with Crippen LogP contribution in [0.3, 0.4) is 0 Å². The molecular formula is C12H11BrN2O3. The van der Waals surface area contributed by atoms with Crippen molar-refractivity contribution >= 4 is 15.9 Å². The molecule has 0 saturated carbocycles. The molecule has 1 N–H and O–H groups in total. The topological polar surface area (TPSA) is 64.5 Å². The van der Waals surface area contributed by atoms with Gasteiger partial charge in [-0.1, -0.05) is 6.07 Å². The molecule has 1 aromatic carbocycles. The van der Waals surface area contributed by atoms with Crippen LogP contribution >= 0.6 is 15.9 Å². The van der Waals surface area contributed by atoms with Crippen LogP contribution in [-0.4, -0.2) is 22.2 Å². The molecular weight excluding hydrogens is 300 g/mol. The largest absolute Gasteiger partial charge is 0.493 e. The quantitative estimate of drug-likeness (QED) is 0.940. The number of aliphatic hydroxyl groups excluding tert-OH is 1. The van der Waals surface area contributed by atoms with Crippen molar-refractivity contribution in [3.8, 4) is 17.5 Å². The molecule has 1 heterocycles. The number of nitrogens with zero attached hydrogens (tertiary/aromatic N) is 2. The van der Waals surface area contributed by atoms with Gasteiger partial charge in [0.25, 0.3) is 0 Å². The van der Waals surface area contributed by atoms with Crippen molar-refractivity contribution in [2.45, 2.75) is 6.61 Å². The molecule has 0 atom stereocenters. The number of hydrogen-bond acceptors (Lipinski definition) is 5. The Morgan fingerprint density at radius 3 is 2.56 bits per heavy atom. The maximum atomic E-state index is 9.04. The van der Waals surface area contributed by atoms with Gasteiger partial charge in [0, 0.05) is 12.4 Å². The molecule has 0 spiro atoms. The number of ether oxygens (including phenoxy) is 2. The van der Waals surface area contributed by atoms with E-state index in [1.54, 1.807) is 30.6 Å². The minimum absolute atomic E-state index is 0.0502. The molecule has 0 aliphatic rings. The van der Waals surface area contributed by atoms with Gasteiger partial charge in [-0.3, -0.25) is 0 Å². The second kappa shape index (κ2) is 5.79. The monoisotopic (exact) mass is 310 g/mol. The fourth-order valence-corrected chi connectivity index (χ4v) is 1.55. The highest BCUT2D eigenvalue weighted by Crippen LogP contribution is 2.31. The van der Waals surface area contributed by atoms with Crippen LogP contribution in [0.25, 0.3) is 0 Å². The molecule has 2 aromatic rings. The maximum absolute atomic E-state index is 9.04. The molecule has 1 aromatic heterocycles. The number of aliphatic hydroxyl groups is 1. The van der Waals surface area contributed by atoms with Crippen LogP contribution in [0.5, 0.6) is 17.5 Å². The summed E-state index contributed by atoms with van der Waals surface area (Å²) in [5.74, 6) is 1.02. The number of rotatable bonds is 4. The van der Waals surface area contributed by atoms with Gasteiger partial charge < -0.3 is 14.6 Å². The summed E-state index contributed by atoms with van der Waals surface area (Å²) in [6, 6.07) is 5.38. The van der Waals surface area contributed by atoms with Gasteiger partial charge in [-0.05, 0) is 33.6 Å². The van der Waals surface area contributed by atoms with Gasteiger partial charge in [-0.2, -0.15) is 0 Å². The first kappa shape index (κ1) is 12.8. The molecule has 0 aliphatic heterocycles. The Labute approximate surface area is 113 Å². The number of aromatic nitrogens is 2. The minimum atomic E-state index is -0.0502. The third-order valence-electron chi connectivity index (χ3n) is 2.21. The predicted molar refractivity (Wildman–Crippen MR) is 68.7 cm³/mol. The number of hydrogen-bond donors (Lipinski definition) is 1. The Morgan fingerprint density at radius 1 is 1.22 bits per heavy atom. The first-order valence-electron chi connectivity index (χ1n) is 5.16. The lowest BCUT2D eigenvalue weighted by molar-refractivity contribution is 0.280. The van der Waals surface area contributed by atoms with Gasteiger partial charge in [0.05, 0.1) is 18.2 Å². The van der Waals surface area contributed by atoms with Crippen molar-refractivity contribution in [3.05, 3.63) is 40.6 Å². The molecule has 0 unspecified atom stereocenters. The lowest BCUT2D eigenvalue weighted by Crippen LogP contribution is -1.95. The van der Waals surface area contributed by atoms with E-state index in [2.05, 4.69) is 25.9 Å². The van der Waals surface area contributed by atoms with Crippen molar-refractivity contribution in [1.29, 1.82) is 0 Å². The van der Waals surface area contributed by atoms with Gasteiger partial charge in [0.15, 0.2) is 11.5 Å². The molecule has 0 saturated heterocycles. The molecule has 0 radical (unpaired) electrons. The smallest absolute Gasteiger partial charge is 0.322 e. The molecule has 0 bridgehead atoms. The third kappa shape index (κ3) is 2.96. The minimum Gasteiger partial charge on any atom is -0.493 e. The summed E-state index contributed by atoms with van der Waals surface area (Å²) in [6.07, 6.45) is 3.19. The molecule has 2 rings (SSSR count). The van der Waals surface area contributed by atoms with E-state index in [-0.39, 0.29) is 12.6 Å². The second-order valence-electron chi connectivity index (χ2n) is 3.43. The van der Waals surface area contributed by atoms with Crippen molar-refractivity contribution in [1.82, 2.24) is 9.97 Å². The first-order chi connectivity index (χ1) is 8.72. The summed E-state index contributed by atoms with van der Waals surface area (Å²) in [5.41, 5.74) is 0.746. The summed E-state index contributed by atoms with van der Waals surface area (Å²) in [6.45, 7) is -0.0502. The highest BCUT2D eigenvalue weighted by atomic mass is 79.9. The van der Waals surface area contributed by atoms with Crippen LogP contribution in [0.2, 0.25) is 0 Å². The summed E-state index contributed by atoms with van der Waals surface area (Å²) in [7, 11) is 1.53. The molecule has 6 heteroatoms. The average Bonchev–Trinajstić information content (AvgIpc) is 2.41. The van der Waals surface area contributed by atoms with Crippen LogP contribution in [0.15, 0.2) is 35.1 Å². The van der Waals surface area contributed by atoms with E-state index in [4.69, 9.17) is 14.6 Å². The zero-order valence-electron chi connectivity index (χ0n) is 9.63. The Bertz CT molecular complexity index is 531. The molecule has 0 amide bonds. The highest BCUT2D eigenvalue weighted by molar-refractivity contribution is 9.10. The van der Waals surface area contributed by atoms with Crippen molar-refractivity contribution < 1.29 is 14.6 Å². The van der Waals surface area contributed by atoms with E-state index < -0.39 is 0 Å². The van der Waals surface area contributed by atoms with E-state index in [0.29, 0.717) is 11.5 Å². The van der Waals surface area contributed by atoms with Crippen LogP contribution in [-0.2, 0) is 6.61 Å². The van der Waals surface area contributed by atoms with Gasteiger partial charge in [0.1, 0.15) is 0 Å². The molecule has 0 aliphatic carbocycles. The molecule has 94 valence electrons. The lowest BCUT2D eigenvalue weighted by Gasteiger charge is -2.09. The van der Waals surface area contributed by atoms with E-state index in [9.17, 15) is 0 Å². The van der Waals surface area contributed by atoms with Crippen LogP contribution in [0.4, 0.5) is 0 Å². The van der Waals surface area contributed by atoms with Gasteiger partial charge in [-0.15, -0.1) is 0 Å². The second-order valence-corrected chi connectivity index (χ2v) is 4.34. The molecule has 0 fully saturated rings. The highest BCUT2D eigenvalue weighted by Gasteiger charge is 2.08. The van der Waals surface area contributed by atoms with Gasteiger partial charge in [-0.25, -0.2) is 9.97 Å². The number of benzene rings is 1. The van der Waals surface area contributed by atoms with Crippen molar-refractivity contribution in [3.63, 3.8) is 0 Å². The fraction of sp³-hybridized carbons (Fsp3) is 0.167. The van der Waals surface area contributed by atoms with E-state index in [1.165, 1.54) is 7.11 Å². The number of halogens is 1. The zero-order chi connectivity index (χ0) is 13.0. The Balaban J connectivity index is 2.25. The Kier molecular flexibility index (Phi) is 4.11. The van der Waals surface area contributed by atoms with E-state index in [0.717, 1.165) is 10.0 Å². The Hall–Kier alpha value is -1.66. The zero-order valence-corrected chi connectivity index (χ0v) is 11.2. The summed E-state index contributed by atoms with van der Waals surface area (Å²) in [4.78, 5) is 8.01. The Morgan fingerprint density at radius 2 is 1.94 bits per heavy atom. The van der Waals surface area contributed by atoms with Crippen LogP contribution in [0.1, 0.15) is 5.56 Å². The van der Waals surface area contributed by atoms with Crippen LogP contribution < -0.4 is 9.47 Å². The molecule has 18 heavy (non-hydrogen) atoms. The van der Waals surface area contributed by atoms with Crippen molar-refractivity contribution in [2.75, 3.05) is 7.11 Å². The first-order valence-corrected chi connectivity index (χ1v) is 5.95. The fourth-order valence-electron chi connectivity index (χ4n) is 1.35. The average molecular weight is 311 g/mol. The lowest BCUT2D eigenvalue weighted by atomic mass is 10.2. The van der Waals surface area contributed by atoms with Gasteiger partial charge in [0.2, 0.25) is 0 Å². The van der Waals surface area contributed by atoms with Crippen LogP contribution in [0, 0.1) is 0 Å². The standard InChI is InChI=1S/C12H11BrN2O3/c1-17-11-4-8(7-16)2-3-10(11)18-12-14-5-9(13)6-15-12/h2-6,16H,7H2,1H3. The maximum Gasteiger partial charge on any atom is 0.322 e. The summed E-state index contributed by atoms with van der Waals surface area (Å²) in [5, 5.41) is 9.04. The SMILES string of the molecule is COc1cc(CO)ccc1Oc1ncc(Br)cn1. The van der Waals surface area contributed by atoms with E-state index in [1.807, 2.05) is 0 Å². The normalized spacial score (nSPS) is 10.2. The predicted octanol–water partition coefficient (Wildman–Crippen LogP) is 2.53. The third-order valence-corrected chi connectivity index (χ3v) is 2.62. The number of methoxy groups -OCH3 is 1. The molecule has 5 nitrogen and oxygen atoms in total.